The average Bonchev–Trinajstić information content (AvgIpc) is 3.05. The second-order valence-electron chi connectivity index (χ2n) is 11.0. The van der Waals surface area contributed by atoms with Crippen LogP contribution in [0.1, 0.15) is 73.7 Å². The lowest BCUT2D eigenvalue weighted by Gasteiger charge is -2.36. The number of rotatable bonds is 16. The lowest BCUT2D eigenvalue weighted by molar-refractivity contribution is -0.245. The number of carbonyl (C=O) groups is 2. The van der Waals surface area contributed by atoms with E-state index in [9.17, 15) is 19.8 Å². The molecule has 0 unspecified atom stereocenters. The van der Waals surface area contributed by atoms with Gasteiger partial charge in [-0.25, -0.2) is 0 Å². The van der Waals surface area contributed by atoms with Gasteiger partial charge >= 0.3 is 0 Å². The molecule has 9 heteroatoms. The van der Waals surface area contributed by atoms with E-state index in [0.717, 1.165) is 58.4 Å². The van der Waals surface area contributed by atoms with Crippen LogP contribution in [0.3, 0.4) is 0 Å². The van der Waals surface area contributed by atoms with Gasteiger partial charge in [-0.3, -0.25) is 9.59 Å². The molecule has 8 nitrogen and oxygen atoms in total. The Balaban J connectivity index is 1.34. The third-order valence-corrected chi connectivity index (χ3v) is 8.62. The van der Waals surface area contributed by atoms with Crippen molar-refractivity contribution in [2.75, 3.05) is 24.7 Å². The van der Waals surface area contributed by atoms with E-state index in [-0.39, 0.29) is 37.2 Å². The maximum absolute atomic E-state index is 12.3. The molecule has 0 aromatic heterocycles. The van der Waals surface area contributed by atoms with Gasteiger partial charge in [-0.2, -0.15) is 11.8 Å². The minimum absolute atomic E-state index is 0.00485. The summed E-state index contributed by atoms with van der Waals surface area (Å²) in [5, 5.41) is 24.4. The van der Waals surface area contributed by atoms with Crippen molar-refractivity contribution in [2.24, 2.45) is 0 Å². The molecule has 3 aromatic rings. The minimum atomic E-state index is -0.521. The number of nitrogens with one attached hydrogen (secondary N) is 2. The summed E-state index contributed by atoms with van der Waals surface area (Å²) in [4.78, 5) is 23.2. The molecule has 1 fully saturated rings. The van der Waals surface area contributed by atoms with Crippen LogP contribution < -0.4 is 10.6 Å². The molecule has 4 rings (SSSR count). The normalized spacial score (nSPS) is 18.1. The fraction of sp³-hybridized carbons (Fsp3) is 0.429. The van der Waals surface area contributed by atoms with Crippen molar-refractivity contribution in [1.82, 2.24) is 10.6 Å². The average molecular weight is 621 g/mol. The Morgan fingerprint density at radius 1 is 0.864 bits per heavy atom. The second kappa shape index (κ2) is 17.9. The molecule has 1 aliphatic heterocycles. The van der Waals surface area contributed by atoms with Crippen LogP contribution in [0.2, 0.25) is 0 Å². The van der Waals surface area contributed by atoms with E-state index >= 15 is 0 Å². The van der Waals surface area contributed by atoms with Crippen LogP contribution in [-0.2, 0) is 32.2 Å². The molecule has 0 radical (unpaired) electrons. The SMILES string of the molecule is CC(=O)NCCCCCC(=O)NCc1cccc(-c2ccc([C@H]3O[C@@H](CSCCO)C[C@@H](c4ccc(CO)cc4)O3)cc2)c1. The highest BCUT2D eigenvalue weighted by atomic mass is 32.2. The van der Waals surface area contributed by atoms with Gasteiger partial charge in [0.2, 0.25) is 11.8 Å². The molecular formula is C35H44N2O6S. The van der Waals surface area contributed by atoms with E-state index < -0.39 is 6.29 Å². The summed E-state index contributed by atoms with van der Waals surface area (Å²) in [5.41, 5.74) is 6.00. The van der Waals surface area contributed by atoms with E-state index in [4.69, 9.17) is 9.47 Å². The Bertz CT molecular complexity index is 1320. The van der Waals surface area contributed by atoms with Gasteiger partial charge in [0.1, 0.15) is 0 Å². The standard InChI is InChI=1S/C35H44N2O6S/c1-25(40)36-17-4-2-3-8-34(41)37-22-27-6-5-7-31(20-27)28-13-15-30(16-14-28)35-42-32(24-44-19-18-38)21-33(43-35)29-11-9-26(23-39)10-12-29/h5-7,9-16,20,32-33,35,38-39H,2-4,8,17-19,21-24H2,1H3,(H,36,40)(H,37,41)/t32-,33+,35+/m1/s1. The highest BCUT2D eigenvalue weighted by molar-refractivity contribution is 7.99. The lowest BCUT2D eigenvalue weighted by Crippen LogP contribution is -2.31. The topological polar surface area (TPSA) is 117 Å². The van der Waals surface area contributed by atoms with Gasteiger partial charge < -0.3 is 30.3 Å². The molecule has 0 aliphatic carbocycles. The summed E-state index contributed by atoms with van der Waals surface area (Å²) >= 11 is 1.67. The van der Waals surface area contributed by atoms with Crippen LogP contribution in [0.5, 0.6) is 0 Å². The summed E-state index contributed by atoms with van der Waals surface area (Å²) < 4.78 is 12.8. The smallest absolute Gasteiger partial charge is 0.220 e. The van der Waals surface area contributed by atoms with E-state index in [0.29, 0.717) is 31.7 Å². The van der Waals surface area contributed by atoms with Crippen LogP contribution in [0, 0.1) is 0 Å². The number of unbranched alkanes of at least 4 members (excludes halogenated alkanes) is 2. The first-order valence-electron chi connectivity index (χ1n) is 15.3. The molecule has 0 saturated carbocycles. The number of amides is 2. The number of thioether (sulfide) groups is 1. The molecule has 2 amide bonds. The summed E-state index contributed by atoms with van der Waals surface area (Å²) in [6.45, 7) is 2.77. The van der Waals surface area contributed by atoms with Crippen LogP contribution in [0.15, 0.2) is 72.8 Å². The molecule has 0 spiro atoms. The largest absolute Gasteiger partial charge is 0.396 e. The quantitative estimate of drug-likeness (QED) is 0.158. The molecular weight excluding hydrogens is 576 g/mol. The highest BCUT2D eigenvalue weighted by Crippen LogP contribution is 2.39. The van der Waals surface area contributed by atoms with Crippen molar-refractivity contribution in [2.45, 2.75) is 70.7 Å². The van der Waals surface area contributed by atoms with Gasteiger partial charge in [-0.15, -0.1) is 0 Å². The predicted octanol–water partition coefficient (Wildman–Crippen LogP) is 5.43. The van der Waals surface area contributed by atoms with Crippen molar-refractivity contribution in [1.29, 1.82) is 0 Å². The van der Waals surface area contributed by atoms with Gasteiger partial charge in [0, 0.05) is 49.9 Å². The van der Waals surface area contributed by atoms with Crippen molar-refractivity contribution >= 4 is 23.6 Å². The van der Waals surface area contributed by atoms with Gasteiger partial charge in [0.25, 0.3) is 0 Å². The van der Waals surface area contributed by atoms with E-state index in [1.807, 2.05) is 48.5 Å². The zero-order chi connectivity index (χ0) is 31.1. The van der Waals surface area contributed by atoms with Crippen molar-refractivity contribution in [3.63, 3.8) is 0 Å². The third-order valence-electron chi connectivity index (χ3n) is 7.54. The zero-order valence-corrected chi connectivity index (χ0v) is 26.2. The maximum atomic E-state index is 12.3. The Morgan fingerprint density at radius 3 is 2.36 bits per heavy atom. The number of carbonyl (C=O) groups excluding carboxylic acids is 2. The molecule has 3 atom stereocenters. The Kier molecular flexibility index (Phi) is 13.7. The Labute approximate surface area is 264 Å². The third kappa shape index (κ3) is 10.7. The molecule has 3 aromatic carbocycles. The number of aliphatic hydroxyl groups excluding tert-OH is 2. The number of benzene rings is 3. The van der Waals surface area contributed by atoms with Gasteiger partial charge in [0.15, 0.2) is 6.29 Å². The van der Waals surface area contributed by atoms with Crippen molar-refractivity contribution in [3.8, 4) is 11.1 Å². The number of hydrogen-bond acceptors (Lipinski definition) is 7. The first-order valence-corrected chi connectivity index (χ1v) is 16.5. The fourth-order valence-electron chi connectivity index (χ4n) is 5.14. The number of ether oxygens (including phenoxy) is 2. The summed E-state index contributed by atoms with van der Waals surface area (Å²) in [6, 6.07) is 24.2. The van der Waals surface area contributed by atoms with Gasteiger partial charge in [-0.1, -0.05) is 73.2 Å². The van der Waals surface area contributed by atoms with E-state index in [1.54, 1.807) is 11.8 Å². The van der Waals surface area contributed by atoms with Gasteiger partial charge in [-0.05, 0) is 46.7 Å². The minimum Gasteiger partial charge on any atom is -0.396 e. The second-order valence-corrected chi connectivity index (χ2v) is 12.2. The first kappa shape index (κ1) is 33.7. The molecule has 236 valence electrons. The molecule has 1 saturated heterocycles. The number of hydrogen-bond donors (Lipinski definition) is 4. The van der Waals surface area contributed by atoms with Crippen molar-refractivity contribution in [3.05, 3.63) is 95.1 Å². The Morgan fingerprint density at radius 2 is 1.64 bits per heavy atom. The van der Waals surface area contributed by atoms with Gasteiger partial charge in [0.05, 0.1) is 25.4 Å². The van der Waals surface area contributed by atoms with Crippen LogP contribution in [-0.4, -0.2) is 52.8 Å². The number of aliphatic hydroxyl groups is 2. The fourth-order valence-corrected chi connectivity index (χ4v) is 5.91. The maximum Gasteiger partial charge on any atom is 0.220 e. The lowest BCUT2D eigenvalue weighted by atomic mass is 9.99. The molecule has 4 N–H and O–H groups in total. The molecule has 1 heterocycles. The predicted molar refractivity (Wildman–Crippen MR) is 174 cm³/mol. The first-order chi connectivity index (χ1) is 21.4. The summed E-state index contributed by atoms with van der Waals surface area (Å²) in [5.74, 6) is 1.44. The van der Waals surface area contributed by atoms with Crippen LogP contribution >= 0.6 is 11.8 Å². The van der Waals surface area contributed by atoms with E-state index in [2.05, 4.69) is 34.9 Å². The highest BCUT2D eigenvalue weighted by Gasteiger charge is 2.32. The molecule has 0 bridgehead atoms. The van der Waals surface area contributed by atoms with Crippen LogP contribution in [0.25, 0.3) is 11.1 Å². The summed E-state index contributed by atoms with van der Waals surface area (Å²) in [7, 11) is 0. The Hall–Kier alpha value is -3.21. The molecule has 44 heavy (non-hydrogen) atoms. The van der Waals surface area contributed by atoms with Crippen molar-refractivity contribution < 1.29 is 29.3 Å². The monoisotopic (exact) mass is 620 g/mol. The van der Waals surface area contributed by atoms with Crippen LogP contribution in [0.4, 0.5) is 0 Å². The molecule has 1 aliphatic rings. The zero-order valence-electron chi connectivity index (χ0n) is 25.4. The summed E-state index contributed by atoms with van der Waals surface area (Å²) in [6.07, 6.45) is 3.07. The van der Waals surface area contributed by atoms with E-state index in [1.165, 1.54) is 6.92 Å².